The Labute approximate surface area is 464 Å². The number of alkyl carbamates (subject to hydrolysis) is 3. The zero-order valence-corrected chi connectivity index (χ0v) is 52.3. The van der Waals surface area contributed by atoms with E-state index in [9.17, 15) is 37.2 Å². The molecule has 74 heavy (non-hydrogen) atoms. The topological polar surface area (TPSA) is 237 Å². The number of thioether (sulfide) groups is 1. The average Bonchev–Trinajstić information content (AvgIpc) is 3.28. The molecule has 0 unspecified atom stereocenters. The summed E-state index contributed by atoms with van der Waals surface area (Å²) < 4.78 is 57.5. The van der Waals surface area contributed by atoms with Gasteiger partial charge in [0.25, 0.3) is 10.1 Å². The summed E-state index contributed by atoms with van der Waals surface area (Å²) in [5, 5.41) is 7.50. The first-order valence-corrected chi connectivity index (χ1v) is 28.8. The van der Waals surface area contributed by atoms with Crippen LogP contribution in [0.1, 0.15) is 136 Å². The summed E-state index contributed by atoms with van der Waals surface area (Å²) in [5.41, 5.74) is 2.01. The Morgan fingerprint density at radius 2 is 0.932 bits per heavy atom. The summed E-state index contributed by atoms with van der Waals surface area (Å²) in [4.78, 5) is 69.3. The molecule has 5 atom stereocenters. The van der Waals surface area contributed by atoms with Gasteiger partial charge in [-0.1, -0.05) is 74.4 Å². The molecule has 1 aromatic carbocycles. The maximum absolute atomic E-state index is 11.7. The molecular weight excluding hydrogens is 1110 g/mol. The van der Waals surface area contributed by atoms with Gasteiger partial charge in [0, 0.05) is 0 Å². The second kappa shape index (κ2) is 41.1. The quantitative estimate of drug-likeness (QED) is 0.0432. The van der Waals surface area contributed by atoms with Gasteiger partial charge < -0.3 is 44.4 Å². The molecule has 0 fully saturated rings. The van der Waals surface area contributed by atoms with Crippen LogP contribution in [0.5, 0.6) is 0 Å². The molecule has 0 heterocycles. The fourth-order valence-electron chi connectivity index (χ4n) is 4.67. The Bertz CT molecular complexity index is 1910. The van der Waals surface area contributed by atoms with Crippen LogP contribution in [0.3, 0.4) is 0 Å². The number of allylic oxidation sites excluding steroid dienone is 3. The number of hydrogen-bond acceptors (Lipinski definition) is 16. The molecule has 0 aliphatic heterocycles. The number of hydrogen-bond donors (Lipinski definition) is 3. The molecule has 22 heteroatoms. The van der Waals surface area contributed by atoms with Crippen molar-refractivity contribution in [2.45, 2.75) is 177 Å². The maximum atomic E-state index is 11.7. The first-order chi connectivity index (χ1) is 33.8. The van der Waals surface area contributed by atoms with Gasteiger partial charge in [-0.15, -0.1) is 0 Å². The van der Waals surface area contributed by atoms with Gasteiger partial charge in [-0.2, -0.15) is 20.2 Å². The van der Waals surface area contributed by atoms with E-state index in [0.717, 1.165) is 22.3 Å². The first-order valence-electron chi connectivity index (χ1n) is 23.4. The van der Waals surface area contributed by atoms with Crippen LogP contribution in [-0.4, -0.2) is 120 Å². The van der Waals surface area contributed by atoms with E-state index in [2.05, 4.69) is 71.6 Å². The van der Waals surface area contributed by atoms with Crippen molar-refractivity contribution >= 4 is 72.2 Å². The fraction of sp³-hybridized carbons (Fsp3) is 0.654. The van der Waals surface area contributed by atoms with Crippen LogP contribution in [0.25, 0.3) is 0 Å². The molecule has 0 spiro atoms. The SMILES string of the molecule is C/C=C(\C)COS(=O)(=O)c1ccc(C)cc1.C=C(C)[C@@H](C)C[C@H](NC(=O)OC(C)(C)C)C(=O)OC.C=C(C)[C@H](C)C[C@H](NC(=O)OC(C)(C)C)C(=O)OC.CC[C@H](NC(=O)OC(C)(C)C)C(=O)OC.CSC.[Cu][Br]. The van der Waals surface area contributed by atoms with E-state index in [-0.39, 0.29) is 23.3 Å². The van der Waals surface area contributed by atoms with Crippen molar-refractivity contribution in [3.8, 4) is 0 Å². The van der Waals surface area contributed by atoms with Gasteiger partial charge in [-0.25, -0.2) is 28.8 Å². The molecule has 0 aliphatic carbocycles. The zero-order valence-electron chi connectivity index (χ0n) is 48.1. The molecule has 0 bridgehead atoms. The second-order valence-electron chi connectivity index (χ2n) is 19.6. The Hall–Kier alpha value is -4.08. The molecule has 434 valence electrons. The van der Waals surface area contributed by atoms with E-state index in [4.69, 9.17) is 18.4 Å². The van der Waals surface area contributed by atoms with E-state index < -0.39 is 81.2 Å². The van der Waals surface area contributed by atoms with Gasteiger partial charge in [0.2, 0.25) is 0 Å². The van der Waals surface area contributed by atoms with Crippen molar-refractivity contribution in [1.82, 2.24) is 16.0 Å². The summed E-state index contributed by atoms with van der Waals surface area (Å²) >= 11 is 8.25. The number of nitrogens with one attached hydrogen (secondary N) is 3. The number of esters is 3. The van der Waals surface area contributed by atoms with Gasteiger partial charge >= 0.3 is 64.5 Å². The monoisotopic (exact) mass is 1200 g/mol. The van der Waals surface area contributed by atoms with Crippen LogP contribution in [0.4, 0.5) is 14.4 Å². The zero-order chi connectivity index (χ0) is 59.4. The normalized spacial score (nSPS) is 13.0. The van der Waals surface area contributed by atoms with Crippen molar-refractivity contribution in [3.63, 3.8) is 0 Å². The summed E-state index contributed by atoms with van der Waals surface area (Å²) in [6.45, 7) is 38.6. The predicted molar refractivity (Wildman–Crippen MR) is 295 cm³/mol. The van der Waals surface area contributed by atoms with Gasteiger partial charge in [-0.3, -0.25) is 4.18 Å². The van der Waals surface area contributed by atoms with E-state index in [1.54, 1.807) is 105 Å². The van der Waals surface area contributed by atoms with E-state index in [1.807, 2.05) is 67.1 Å². The number of carbonyl (C=O) groups is 6. The minimum absolute atomic E-state index is 0.0963. The molecule has 3 N–H and O–H groups in total. The number of amides is 3. The number of methoxy groups -OCH3 is 3. The third-order valence-electron chi connectivity index (χ3n) is 9.04. The van der Waals surface area contributed by atoms with Crippen LogP contribution in [0.15, 0.2) is 65.1 Å². The van der Waals surface area contributed by atoms with Crippen molar-refractivity contribution in [3.05, 3.63) is 65.8 Å². The molecule has 1 rings (SSSR count). The van der Waals surface area contributed by atoms with Gasteiger partial charge in [0.05, 0.1) is 32.8 Å². The summed E-state index contributed by atoms with van der Waals surface area (Å²) in [6, 6.07) is 4.49. The molecule has 0 radical (unpaired) electrons. The molecule has 0 saturated heterocycles. The standard InChI is InChI=1S/2C14H25NO4.C12H16O3S.C10H19NO4.C2H6S.BrH.Cu/c2*1-9(2)10(3)8-11(12(16)18-7)15-13(17)19-14(4,5)6;1-4-10(2)9-15-16(13,14)12-7-5-11(3)6-8-12;1-6-7(8(12)14-5)11-9(13)15-10(2,3)4;1-3-2;;/h2*10-11H,1,8H2,2-7H3,(H,15,17);4-8H,9H2,1-3H3;7H,6H2,1-5H3,(H,11,13);1-2H3;1H;/q;;;;;;+1/p-1/b;;10-4+;;;;/t10-,11+;10-,11-;;7-;;;/m10.0.../s1. The number of ether oxygens (including phenoxy) is 6. The minimum atomic E-state index is -3.62. The van der Waals surface area contributed by atoms with Crippen LogP contribution in [-0.2, 0) is 71.3 Å². The first kappa shape index (κ1) is 78.8. The predicted octanol–water partition coefficient (Wildman–Crippen LogP) is 11.3. The van der Waals surface area contributed by atoms with Crippen LogP contribution < -0.4 is 16.0 Å². The Kier molecular flexibility index (Phi) is 43.8. The van der Waals surface area contributed by atoms with Crippen molar-refractivity contribution in [2.75, 3.05) is 40.4 Å². The summed E-state index contributed by atoms with van der Waals surface area (Å²) in [7, 11) is 0.235. The van der Waals surface area contributed by atoms with Crippen LogP contribution in [0, 0.1) is 18.8 Å². The summed E-state index contributed by atoms with van der Waals surface area (Å²) in [6.07, 6.45) is 5.37. The molecule has 0 aliphatic rings. The Morgan fingerprint density at radius 1 is 0.649 bits per heavy atom. The number of rotatable bonds is 17. The van der Waals surface area contributed by atoms with Crippen LogP contribution in [0.2, 0.25) is 0 Å². The van der Waals surface area contributed by atoms with Gasteiger partial charge in [0.15, 0.2) is 0 Å². The molecule has 0 saturated carbocycles. The summed E-state index contributed by atoms with van der Waals surface area (Å²) in [5.74, 6) is -1.25. The third kappa shape index (κ3) is 44.2. The average molecular weight is 1210 g/mol. The Morgan fingerprint density at radius 3 is 1.18 bits per heavy atom. The van der Waals surface area contributed by atoms with Crippen molar-refractivity contribution in [2.24, 2.45) is 11.8 Å². The van der Waals surface area contributed by atoms with E-state index >= 15 is 0 Å². The molecule has 18 nitrogen and oxygen atoms in total. The molecule has 1 aromatic rings. The number of benzene rings is 1. The number of aryl methyl sites for hydroxylation is 1. The molecule has 3 amide bonds. The van der Waals surface area contributed by atoms with Crippen molar-refractivity contribution < 1.29 is 84.0 Å². The van der Waals surface area contributed by atoms with Gasteiger partial charge in [-0.05, 0) is 153 Å². The van der Waals surface area contributed by atoms with Crippen molar-refractivity contribution in [1.29, 1.82) is 0 Å². The number of carbonyl (C=O) groups excluding carboxylic acids is 6. The van der Waals surface area contributed by atoms with E-state index in [1.165, 1.54) is 21.3 Å². The molecule has 0 aromatic heterocycles. The van der Waals surface area contributed by atoms with Gasteiger partial charge in [0.1, 0.15) is 34.9 Å². The molecular formula is C52H91BrCuN3O15S2. The van der Waals surface area contributed by atoms with Crippen LogP contribution >= 0.6 is 25.9 Å². The number of halogens is 1. The third-order valence-corrected chi connectivity index (χ3v) is 10.3. The van der Waals surface area contributed by atoms with E-state index in [0.29, 0.717) is 19.3 Å². The second-order valence-corrected chi connectivity index (χ2v) is 22.0. The Balaban J connectivity index is -0.000000278. The fourth-order valence-corrected chi connectivity index (χ4v) is 5.61.